The van der Waals surface area contributed by atoms with Crippen LogP contribution < -0.4 is 5.32 Å². The van der Waals surface area contributed by atoms with Crippen molar-refractivity contribution in [2.45, 2.75) is 46.7 Å². The number of rotatable bonds is 5. The first-order valence-electron chi connectivity index (χ1n) is 6.96. The molecule has 2 atom stereocenters. The Morgan fingerprint density at radius 3 is 3.06 bits per heavy atom. The van der Waals surface area contributed by atoms with Gasteiger partial charge in [-0.3, -0.25) is 0 Å². The van der Waals surface area contributed by atoms with E-state index in [1.165, 1.54) is 12.8 Å². The van der Waals surface area contributed by atoms with Crippen LogP contribution in [-0.4, -0.2) is 21.3 Å². The molecule has 1 heterocycles. The van der Waals surface area contributed by atoms with E-state index in [4.69, 9.17) is 0 Å². The highest BCUT2D eigenvalue weighted by atomic mass is 15.3. The Kier molecular flexibility index (Phi) is 4.53. The van der Waals surface area contributed by atoms with Crippen LogP contribution >= 0.6 is 0 Å². The zero-order valence-corrected chi connectivity index (χ0v) is 11.7. The van der Waals surface area contributed by atoms with Gasteiger partial charge in [-0.1, -0.05) is 18.6 Å². The predicted molar refractivity (Wildman–Crippen MR) is 73.0 cm³/mol. The van der Waals surface area contributed by atoms with Crippen LogP contribution in [0.1, 0.15) is 39.4 Å². The molecule has 1 aromatic rings. The quantitative estimate of drug-likeness (QED) is 0.814. The van der Waals surface area contributed by atoms with Crippen LogP contribution in [0.3, 0.4) is 0 Å². The van der Waals surface area contributed by atoms with Crippen LogP contribution in [-0.2, 0) is 13.1 Å². The molecule has 0 spiro atoms. The smallest absolute Gasteiger partial charge is 0.146 e. The van der Waals surface area contributed by atoms with Gasteiger partial charge in [0, 0.05) is 13.1 Å². The Bertz CT molecular complexity index is 408. The molecule has 2 rings (SSSR count). The van der Waals surface area contributed by atoms with Crippen molar-refractivity contribution >= 4 is 0 Å². The lowest BCUT2D eigenvalue weighted by molar-refractivity contribution is 0.348. The molecular formula is C14H24N4. The summed E-state index contributed by atoms with van der Waals surface area (Å²) in [5.74, 6) is 2.49. The van der Waals surface area contributed by atoms with Crippen molar-refractivity contribution in [3.05, 3.63) is 23.8 Å². The zero-order chi connectivity index (χ0) is 13.0. The Hall–Kier alpha value is -1.16. The second-order valence-electron chi connectivity index (χ2n) is 5.27. The standard InChI is InChI=1S/C14H24N4/c1-4-18-10-16-17-14(18)9-15-8-13-11(2)6-5-7-12(13)3/h6,10,12-13,15H,4-5,7-9H2,1-3H3/t12-,13-/m0/s1. The third-order valence-electron chi connectivity index (χ3n) is 4.04. The minimum atomic E-state index is 0.678. The van der Waals surface area contributed by atoms with E-state index in [1.54, 1.807) is 11.9 Å². The van der Waals surface area contributed by atoms with Crippen molar-refractivity contribution in [3.8, 4) is 0 Å². The van der Waals surface area contributed by atoms with E-state index >= 15 is 0 Å². The van der Waals surface area contributed by atoms with Crippen molar-refractivity contribution in [1.29, 1.82) is 0 Å². The molecule has 0 aliphatic heterocycles. The Morgan fingerprint density at radius 2 is 2.33 bits per heavy atom. The van der Waals surface area contributed by atoms with Gasteiger partial charge >= 0.3 is 0 Å². The van der Waals surface area contributed by atoms with E-state index in [0.29, 0.717) is 5.92 Å². The largest absolute Gasteiger partial charge is 0.317 e. The van der Waals surface area contributed by atoms with E-state index < -0.39 is 0 Å². The van der Waals surface area contributed by atoms with Crippen molar-refractivity contribution in [2.24, 2.45) is 11.8 Å². The van der Waals surface area contributed by atoms with Gasteiger partial charge in [0.1, 0.15) is 12.2 Å². The highest BCUT2D eigenvalue weighted by Gasteiger charge is 2.21. The first-order chi connectivity index (χ1) is 8.72. The molecular weight excluding hydrogens is 224 g/mol. The van der Waals surface area contributed by atoms with Crippen molar-refractivity contribution in [3.63, 3.8) is 0 Å². The third-order valence-corrected chi connectivity index (χ3v) is 4.04. The number of hydrogen-bond acceptors (Lipinski definition) is 3. The molecule has 0 fully saturated rings. The molecule has 0 radical (unpaired) electrons. The molecule has 0 aromatic carbocycles. The van der Waals surface area contributed by atoms with E-state index in [1.807, 2.05) is 0 Å². The van der Waals surface area contributed by atoms with E-state index in [0.717, 1.165) is 31.4 Å². The highest BCUT2D eigenvalue weighted by molar-refractivity contribution is 5.09. The van der Waals surface area contributed by atoms with Crippen LogP contribution in [0, 0.1) is 11.8 Å². The first-order valence-corrected chi connectivity index (χ1v) is 6.96. The summed E-state index contributed by atoms with van der Waals surface area (Å²) < 4.78 is 2.08. The fourth-order valence-electron chi connectivity index (χ4n) is 2.76. The molecule has 0 bridgehead atoms. The Labute approximate surface area is 109 Å². The molecule has 1 aliphatic rings. The number of aryl methyl sites for hydroxylation is 1. The van der Waals surface area contributed by atoms with Gasteiger partial charge < -0.3 is 9.88 Å². The molecule has 0 amide bonds. The summed E-state index contributed by atoms with van der Waals surface area (Å²) in [6.45, 7) is 9.52. The van der Waals surface area contributed by atoms with Gasteiger partial charge in [0.15, 0.2) is 0 Å². The van der Waals surface area contributed by atoms with Gasteiger partial charge in [-0.25, -0.2) is 0 Å². The van der Waals surface area contributed by atoms with Gasteiger partial charge in [0.05, 0.1) is 6.54 Å². The summed E-state index contributed by atoms with van der Waals surface area (Å²) in [7, 11) is 0. The SMILES string of the molecule is CCn1cnnc1CNC[C@H]1C(C)=CCC[C@@H]1C. The molecule has 1 N–H and O–H groups in total. The van der Waals surface area contributed by atoms with E-state index in [-0.39, 0.29) is 0 Å². The molecule has 0 saturated carbocycles. The summed E-state index contributed by atoms with van der Waals surface area (Å²) >= 11 is 0. The molecule has 18 heavy (non-hydrogen) atoms. The fraction of sp³-hybridized carbons (Fsp3) is 0.714. The number of hydrogen-bond donors (Lipinski definition) is 1. The zero-order valence-electron chi connectivity index (χ0n) is 11.7. The number of aromatic nitrogens is 3. The van der Waals surface area contributed by atoms with Crippen LogP contribution in [0.4, 0.5) is 0 Å². The summed E-state index contributed by atoms with van der Waals surface area (Å²) in [6.07, 6.45) is 6.74. The maximum absolute atomic E-state index is 4.14. The van der Waals surface area contributed by atoms with Crippen LogP contribution in [0.25, 0.3) is 0 Å². The van der Waals surface area contributed by atoms with Gasteiger partial charge in [-0.05, 0) is 38.5 Å². The average molecular weight is 248 g/mol. The van der Waals surface area contributed by atoms with E-state index in [2.05, 4.69) is 46.9 Å². The lowest BCUT2D eigenvalue weighted by atomic mass is 9.80. The minimum absolute atomic E-state index is 0.678. The first kappa shape index (κ1) is 13.3. The second-order valence-corrected chi connectivity index (χ2v) is 5.27. The molecule has 4 heteroatoms. The fourth-order valence-corrected chi connectivity index (χ4v) is 2.76. The number of allylic oxidation sites excluding steroid dienone is 1. The molecule has 0 saturated heterocycles. The number of nitrogens with one attached hydrogen (secondary N) is 1. The van der Waals surface area contributed by atoms with Crippen LogP contribution in [0.5, 0.6) is 0 Å². The third kappa shape index (κ3) is 2.99. The highest BCUT2D eigenvalue weighted by Crippen LogP contribution is 2.29. The van der Waals surface area contributed by atoms with Gasteiger partial charge in [-0.15, -0.1) is 10.2 Å². The lowest BCUT2D eigenvalue weighted by Gasteiger charge is -2.28. The molecule has 4 nitrogen and oxygen atoms in total. The Balaban J connectivity index is 1.85. The van der Waals surface area contributed by atoms with Crippen molar-refractivity contribution in [1.82, 2.24) is 20.1 Å². The normalized spacial score (nSPS) is 24.1. The molecule has 0 unspecified atom stereocenters. The summed E-state index contributed by atoms with van der Waals surface area (Å²) in [5, 5.41) is 11.6. The predicted octanol–water partition coefficient (Wildman–Crippen LogP) is 2.38. The minimum Gasteiger partial charge on any atom is -0.317 e. The van der Waals surface area contributed by atoms with Gasteiger partial charge in [0.2, 0.25) is 0 Å². The maximum atomic E-state index is 4.14. The van der Waals surface area contributed by atoms with Gasteiger partial charge in [0.25, 0.3) is 0 Å². The lowest BCUT2D eigenvalue weighted by Crippen LogP contribution is -2.30. The van der Waals surface area contributed by atoms with E-state index in [9.17, 15) is 0 Å². The topological polar surface area (TPSA) is 42.7 Å². The average Bonchev–Trinajstić information content (AvgIpc) is 2.80. The van der Waals surface area contributed by atoms with Crippen molar-refractivity contribution in [2.75, 3.05) is 6.54 Å². The summed E-state index contributed by atoms with van der Waals surface area (Å²) in [6, 6.07) is 0. The monoisotopic (exact) mass is 248 g/mol. The molecule has 1 aliphatic carbocycles. The Morgan fingerprint density at radius 1 is 1.50 bits per heavy atom. The molecule has 100 valence electrons. The van der Waals surface area contributed by atoms with Crippen LogP contribution in [0.2, 0.25) is 0 Å². The maximum Gasteiger partial charge on any atom is 0.146 e. The molecule has 1 aromatic heterocycles. The summed E-state index contributed by atoms with van der Waals surface area (Å²) in [4.78, 5) is 0. The van der Waals surface area contributed by atoms with Crippen LogP contribution in [0.15, 0.2) is 18.0 Å². The van der Waals surface area contributed by atoms with Gasteiger partial charge in [-0.2, -0.15) is 0 Å². The second kappa shape index (κ2) is 6.14. The van der Waals surface area contributed by atoms with Crippen molar-refractivity contribution < 1.29 is 0 Å². The summed E-state index contributed by atoms with van der Waals surface area (Å²) in [5.41, 5.74) is 1.54. The number of nitrogens with zero attached hydrogens (tertiary/aromatic N) is 3.